The van der Waals surface area contributed by atoms with Crippen LogP contribution in [0.25, 0.3) is 0 Å². The first kappa shape index (κ1) is 14.5. The summed E-state index contributed by atoms with van der Waals surface area (Å²) in [6, 6.07) is 2.84. The van der Waals surface area contributed by atoms with E-state index in [0.717, 1.165) is 19.6 Å². The highest BCUT2D eigenvalue weighted by Crippen LogP contribution is 2.19. The number of aryl methyl sites for hydroxylation is 1. The van der Waals surface area contributed by atoms with E-state index in [1.165, 1.54) is 25.1 Å². The summed E-state index contributed by atoms with van der Waals surface area (Å²) in [5, 5.41) is 7.61. The van der Waals surface area contributed by atoms with Gasteiger partial charge in [0.15, 0.2) is 0 Å². The van der Waals surface area contributed by atoms with Gasteiger partial charge in [-0.05, 0) is 39.4 Å². The molecule has 0 aromatic carbocycles. The summed E-state index contributed by atoms with van der Waals surface area (Å²) in [5.74, 6) is 0. The average molecular weight is 259 g/mol. The van der Waals surface area contributed by atoms with Gasteiger partial charge in [-0.3, -0.25) is 9.58 Å². The molecule has 2 heterocycles. The third-order valence-corrected chi connectivity index (χ3v) is 3.41. The monoisotopic (exact) mass is 258 g/mol. The molecule has 17 heavy (non-hydrogen) atoms. The molecule has 1 aromatic heterocycles. The van der Waals surface area contributed by atoms with Gasteiger partial charge in [0.25, 0.3) is 0 Å². The van der Waals surface area contributed by atoms with E-state index in [-0.39, 0.29) is 12.4 Å². The first-order valence-corrected chi connectivity index (χ1v) is 6.24. The minimum absolute atomic E-state index is 0. The fourth-order valence-corrected chi connectivity index (χ4v) is 2.56. The van der Waals surface area contributed by atoms with Crippen LogP contribution in [0.1, 0.15) is 25.5 Å². The third-order valence-electron chi connectivity index (χ3n) is 3.41. The molecule has 0 saturated carbocycles. The zero-order chi connectivity index (χ0) is 11.4. The Balaban J connectivity index is 0.00000144. The number of likely N-dealkylation sites (tertiary alicyclic amines) is 1. The van der Waals surface area contributed by atoms with Gasteiger partial charge in [-0.15, -0.1) is 12.4 Å². The van der Waals surface area contributed by atoms with Gasteiger partial charge in [0, 0.05) is 31.9 Å². The predicted molar refractivity (Wildman–Crippen MR) is 72.5 cm³/mol. The molecule has 0 bridgehead atoms. The van der Waals surface area contributed by atoms with Crippen LogP contribution in [0.15, 0.2) is 12.3 Å². The second kappa shape index (κ2) is 6.99. The van der Waals surface area contributed by atoms with Crippen LogP contribution < -0.4 is 5.32 Å². The summed E-state index contributed by atoms with van der Waals surface area (Å²) in [4.78, 5) is 2.57. The zero-order valence-electron chi connectivity index (χ0n) is 10.7. The Morgan fingerprint density at radius 3 is 3.06 bits per heavy atom. The standard InChI is InChI=1S/C12H22N4.ClH/c1-3-16-12(6-7-14-16)10-15-8-4-5-11(15)9-13-2;/h6-7,11,13H,3-5,8-10H2,1-2H3;1H. The Morgan fingerprint density at radius 2 is 2.35 bits per heavy atom. The zero-order valence-corrected chi connectivity index (χ0v) is 11.5. The molecule has 1 unspecified atom stereocenters. The molecule has 1 fully saturated rings. The van der Waals surface area contributed by atoms with Crippen molar-refractivity contribution in [3.8, 4) is 0 Å². The van der Waals surface area contributed by atoms with Crippen molar-refractivity contribution in [2.45, 2.75) is 38.9 Å². The minimum atomic E-state index is 0. The van der Waals surface area contributed by atoms with E-state index in [2.05, 4.69) is 33.0 Å². The summed E-state index contributed by atoms with van der Waals surface area (Å²) < 4.78 is 2.09. The van der Waals surface area contributed by atoms with Gasteiger partial charge < -0.3 is 5.32 Å². The van der Waals surface area contributed by atoms with Crippen molar-refractivity contribution in [3.63, 3.8) is 0 Å². The largest absolute Gasteiger partial charge is 0.318 e. The van der Waals surface area contributed by atoms with Crippen LogP contribution >= 0.6 is 12.4 Å². The van der Waals surface area contributed by atoms with Crippen LogP contribution in [0.3, 0.4) is 0 Å². The lowest BCUT2D eigenvalue weighted by atomic mass is 10.2. The highest BCUT2D eigenvalue weighted by molar-refractivity contribution is 5.85. The van der Waals surface area contributed by atoms with Crippen molar-refractivity contribution in [1.29, 1.82) is 0 Å². The van der Waals surface area contributed by atoms with Crippen LogP contribution in [0.2, 0.25) is 0 Å². The fourth-order valence-electron chi connectivity index (χ4n) is 2.56. The number of halogens is 1. The van der Waals surface area contributed by atoms with Crippen molar-refractivity contribution in [2.24, 2.45) is 0 Å². The number of likely N-dealkylation sites (N-methyl/N-ethyl adjacent to an activating group) is 1. The lowest BCUT2D eigenvalue weighted by Crippen LogP contribution is -2.36. The second-order valence-electron chi connectivity index (χ2n) is 4.46. The summed E-state index contributed by atoms with van der Waals surface area (Å²) >= 11 is 0. The van der Waals surface area contributed by atoms with E-state index in [4.69, 9.17) is 0 Å². The van der Waals surface area contributed by atoms with Gasteiger partial charge in [0.05, 0.1) is 5.69 Å². The van der Waals surface area contributed by atoms with Crippen molar-refractivity contribution in [1.82, 2.24) is 20.0 Å². The number of nitrogens with one attached hydrogen (secondary N) is 1. The topological polar surface area (TPSA) is 33.1 Å². The van der Waals surface area contributed by atoms with Crippen LogP contribution in [0.5, 0.6) is 0 Å². The normalized spacial score (nSPS) is 20.5. The Labute approximate surface area is 110 Å². The van der Waals surface area contributed by atoms with Crippen LogP contribution in [-0.2, 0) is 13.1 Å². The van der Waals surface area contributed by atoms with Gasteiger partial charge in [-0.1, -0.05) is 0 Å². The molecule has 2 rings (SSSR count). The van der Waals surface area contributed by atoms with Crippen molar-refractivity contribution in [3.05, 3.63) is 18.0 Å². The highest BCUT2D eigenvalue weighted by atomic mass is 35.5. The molecule has 1 N–H and O–H groups in total. The lowest BCUT2D eigenvalue weighted by Gasteiger charge is -2.24. The number of rotatable bonds is 5. The van der Waals surface area contributed by atoms with E-state index in [9.17, 15) is 0 Å². The summed E-state index contributed by atoms with van der Waals surface area (Å²) in [7, 11) is 2.03. The molecular formula is C12H23ClN4. The average Bonchev–Trinajstić information content (AvgIpc) is 2.89. The van der Waals surface area contributed by atoms with Gasteiger partial charge >= 0.3 is 0 Å². The molecule has 5 heteroatoms. The number of aromatic nitrogens is 2. The molecule has 98 valence electrons. The van der Waals surface area contributed by atoms with Crippen molar-refractivity contribution < 1.29 is 0 Å². The summed E-state index contributed by atoms with van der Waals surface area (Å²) in [6.07, 6.45) is 4.55. The maximum atomic E-state index is 4.32. The molecule has 0 amide bonds. The Bertz CT molecular complexity index is 326. The Morgan fingerprint density at radius 1 is 1.53 bits per heavy atom. The molecule has 1 atom stereocenters. The van der Waals surface area contributed by atoms with E-state index in [1.54, 1.807) is 0 Å². The molecule has 4 nitrogen and oxygen atoms in total. The molecular weight excluding hydrogens is 236 g/mol. The molecule has 0 aliphatic carbocycles. The first-order valence-electron chi connectivity index (χ1n) is 6.24. The molecule has 1 aromatic rings. The third kappa shape index (κ3) is 3.44. The smallest absolute Gasteiger partial charge is 0.0524 e. The Kier molecular flexibility index (Phi) is 5.95. The molecule has 1 saturated heterocycles. The second-order valence-corrected chi connectivity index (χ2v) is 4.46. The van der Waals surface area contributed by atoms with E-state index < -0.39 is 0 Å². The van der Waals surface area contributed by atoms with Gasteiger partial charge in [-0.2, -0.15) is 5.10 Å². The molecule has 0 radical (unpaired) electrons. The van der Waals surface area contributed by atoms with Crippen molar-refractivity contribution >= 4 is 12.4 Å². The van der Waals surface area contributed by atoms with E-state index in [1.807, 2.05) is 13.2 Å². The molecule has 1 aliphatic heterocycles. The van der Waals surface area contributed by atoms with E-state index in [0.29, 0.717) is 6.04 Å². The van der Waals surface area contributed by atoms with Gasteiger partial charge in [-0.25, -0.2) is 0 Å². The Hall–Kier alpha value is -0.580. The summed E-state index contributed by atoms with van der Waals surface area (Å²) in [5.41, 5.74) is 1.34. The number of hydrogen-bond acceptors (Lipinski definition) is 3. The SMILES string of the molecule is CCn1nccc1CN1CCCC1CNC.Cl. The number of hydrogen-bond donors (Lipinski definition) is 1. The predicted octanol–water partition coefficient (Wildman–Crippen LogP) is 1.51. The molecule has 1 aliphatic rings. The number of nitrogens with zero attached hydrogens (tertiary/aromatic N) is 3. The summed E-state index contributed by atoms with van der Waals surface area (Å²) in [6.45, 7) is 6.47. The maximum absolute atomic E-state index is 4.32. The van der Waals surface area contributed by atoms with Crippen LogP contribution in [-0.4, -0.2) is 40.9 Å². The van der Waals surface area contributed by atoms with Crippen molar-refractivity contribution in [2.75, 3.05) is 20.1 Å². The maximum Gasteiger partial charge on any atom is 0.0524 e. The van der Waals surface area contributed by atoms with Gasteiger partial charge in [0.1, 0.15) is 0 Å². The highest BCUT2D eigenvalue weighted by Gasteiger charge is 2.24. The van der Waals surface area contributed by atoms with E-state index >= 15 is 0 Å². The van der Waals surface area contributed by atoms with Crippen LogP contribution in [0.4, 0.5) is 0 Å². The fraction of sp³-hybridized carbons (Fsp3) is 0.750. The first-order chi connectivity index (χ1) is 7.85. The minimum Gasteiger partial charge on any atom is -0.318 e. The lowest BCUT2D eigenvalue weighted by molar-refractivity contribution is 0.235. The quantitative estimate of drug-likeness (QED) is 0.869. The van der Waals surface area contributed by atoms with Gasteiger partial charge in [0.2, 0.25) is 0 Å². The van der Waals surface area contributed by atoms with Crippen LogP contribution in [0, 0.1) is 0 Å². The molecule has 0 spiro atoms.